The fourth-order valence-corrected chi connectivity index (χ4v) is 2.60. The zero-order valence-corrected chi connectivity index (χ0v) is 12.8. The minimum Gasteiger partial charge on any atom is -0.398 e. The van der Waals surface area contributed by atoms with Crippen LogP contribution < -0.4 is 5.59 Å². The predicted molar refractivity (Wildman–Crippen MR) is 77.0 cm³/mol. The molecule has 2 saturated heterocycles. The summed E-state index contributed by atoms with van der Waals surface area (Å²) in [6.07, 6.45) is 4.06. The molecule has 110 valence electrons. The average molecular weight is 278 g/mol. The number of nitrogens with zero attached hydrogens (tertiary/aromatic N) is 2. The van der Waals surface area contributed by atoms with Crippen molar-refractivity contribution >= 4 is 12.7 Å². The largest absolute Gasteiger partial charge is 0.516 e. The first-order valence-electron chi connectivity index (χ1n) is 7.37. The number of rotatable bonds is 2. The van der Waals surface area contributed by atoms with Gasteiger partial charge in [-0.2, -0.15) is 5.10 Å². The Morgan fingerprint density at radius 1 is 1.15 bits per heavy atom. The second-order valence-electron chi connectivity index (χ2n) is 6.65. The van der Waals surface area contributed by atoms with Crippen molar-refractivity contribution in [2.24, 2.45) is 0 Å². The molecule has 0 aliphatic carbocycles. The highest BCUT2D eigenvalue weighted by Gasteiger charge is 2.52. The van der Waals surface area contributed by atoms with Crippen LogP contribution in [0.25, 0.3) is 0 Å². The van der Waals surface area contributed by atoms with Gasteiger partial charge >= 0.3 is 7.12 Å². The van der Waals surface area contributed by atoms with Crippen molar-refractivity contribution in [1.29, 1.82) is 0 Å². The summed E-state index contributed by atoms with van der Waals surface area (Å²) in [4.78, 5) is 0. The predicted octanol–water partition coefficient (Wildman–Crippen LogP) is 1.53. The van der Waals surface area contributed by atoms with Gasteiger partial charge in [-0.1, -0.05) is 0 Å². The van der Waals surface area contributed by atoms with Crippen molar-refractivity contribution in [2.75, 3.05) is 13.2 Å². The monoisotopic (exact) mass is 278 g/mol. The van der Waals surface area contributed by atoms with Crippen LogP contribution in [0.2, 0.25) is 0 Å². The zero-order valence-electron chi connectivity index (χ0n) is 12.8. The van der Waals surface area contributed by atoms with Gasteiger partial charge in [-0.3, -0.25) is 4.68 Å². The van der Waals surface area contributed by atoms with E-state index in [-0.39, 0.29) is 18.3 Å². The third-order valence-electron chi connectivity index (χ3n) is 4.69. The summed E-state index contributed by atoms with van der Waals surface area (Å²) in [5.41, 5.74) is 0.218. The molecule has 0 N–H and O–H groups in total. The molecule has 2 fully saturated rings. The third kappa shape index (κ3) is 2.40. The van der Waals surface area contributed by atoms with Crippen LogP contribution in [0, 0.1) is 0 Å². The van der Waals surface area contributed by atoms with E-state index in [1.54, 1.807) is 0 Å². The molecule has 0 amide bonds. The van der Waals surface area contributed by atoms with Crippen molar-refractivity contribution in [3.05, 3.63) is 12.3 Å². The highest BCUT2D eigenvalue weighted by molar-refractivity contribution is 6.61. The second kappa shape index (κ2) is 4.86. The second-order valence-corrected chi connectivity index (χ2v) is 6.65. The van der Waals surface area contributed by atoms with Gasteiger partial charge in [0.05, 0.1) is 22.8 Å². The highest BCUT2D eigenvalue weighted by Crippen LogP contribution is 2.36. The first-order chi connectivity index (χ1) is 9.39. The fourth-order valence-electron chi connectivity index (χ4n) is 2.60. The van der Waals surface area contributed by atoms with Crippen LogP contribution in [-0.2, 0) is 14.0 Å². The Kier molecular flexibility index (Phi) is 3.43. The van der Waals surface area contributed by atoms with Crippen molar-refractivity contribution in [3.63, 3.8) is 0 Å². The Morgan fingerprint density at radius 2 is 1.75 bits per heavy atom. The maximum absolute atomic E-state index is 6.03. The smallest absolute Gasteiger partial charge is 0.398 e. The molecule has 0 spiro atoms. The van der Waals surface area contributed by atoms with Crippen LogP contribution in [0.15, 0.2) is 12.3 Å². The lowest BCUT2D eigenvalue weighted by Crippen LogP contribution is -2.41. The molecule has 1 aromatic rings. The molecule has 1 aromatic heterocycles. The maximum atomic E-state index is 6.03. The summed E-state index contributed by atoms with van der Waals surface area (Å²) in [6, 6.07) is 2.43. The van der Waals surface area contributed by atoms with E-state index in [1.807, 2.05) is 16.9 Å². The normalized spacial score (nSPS) is 26.1. The standard InChI is InChI=1S/C14H23BN2O3/c1-13(2)14(3,4)20-15(19-13)12-5-8-17(16-12)11-6-9-18-10-7-11/h5,8,11H,6-7,9-10H2,1-4H3. The van der Waals surface area contributed by atoms with Crippen LogP contribution in [0.4, 0.5) is 0 Å². The maximum Gasteiger partial charge on any atom is 0.516 e. The van der Waals surface area contributed by atoms with Crippen molar-refractivity contribution < 1.29 is 14.0 Å². The first-order valence-corrected chi connectivity index (χ1v) is 7.37. The summed E-state index contributed by atoms with van der Waals surface area (Å²) >= 11 is 0. The molecular weight excluding hydrogens is 255 g/mol. The minimum absolute atomic E-state index is 0.319. The molecule has 3 heterocycles. The molecule has 0 atom stereocenters. The number of ether oxygens (including phenoxy) is 1. The van der Waals surface area contributed by atoms with Crippen molar-refractivity contribution in [1.82, 2.24) is 9.78 Å². The van der Waals surface area contributed by atoms with Gasteiger partial charge in [0.2, 0.25) is 0 Å². The summed E-state index contributed by atoms with van der Waals surface area (Å²) in [6.45, 7) is 9.86. The van der Waals surface area contributed by atoms with E-state index in [9.17, 15) is 0 Å². The Hall–Kier alpha value is -0.845. The molecule has 0 unspecified atom stereocenters. The Bertz CT molecular complexity index is 465. The SMILES string of the molecule is CC1(C)OB(c2ccn(C3CCOCC3)n2)OC1(C)C. The lowest BCUT2D eigenvalue weighted by atomic mass is 9.85. The Labute approximate surface area is 120 Å². The first kappa shape index (κ1) is 14.1. The molecule has 0 bridgehead atoms. The van der Waals surface area contributed by atoms with Gasteiger partial charge < -0.3 is 14.0 Å². The van der Waals surface area contributed by atoms with E-state index in [0.717, 1.165) is 31.6 Å². The topological polar surface area (TPSA) is 45.5 Å². The Morgan fingerprint density at radius 3 is 2.35 bits per heavy atom. The molecule has 3 rings (SSSR count). The van der Waals surface area contributed by atoms with Crippen LogP contribution in [0.5, 0.6) is 0 Å². The molecule has 5 nitrogen and oxygen atoms in total. The summed E-state index contributed by atoms with van der Waals surface area (Å²) in [5, 5.41) is 4.66. The van der Waals surface area contributed by atoms with Gasteiger partial charge in [-0.15, -0.1) is 0 Å². The highest BCUT2D eigenvalue weighted by atomic mass is 16.7. The number of aromatic nitrogens is 2. The van der Waals surface area contributed by atoms with Crippen LogP contribution in [0.3, 0.4) is 0 Å². The molecule has 0 saturated carbocycles. The van der Waals surface area contributed by atoms with E-state index < -0.39 is 0 Å². The van der Waals surface area contributed by atoms with Gasteiger partial charge in [0.25, 0.3) is 0 Å². The molecule has 0 aromatic carbocycles. The zero-order chi connectivity index (χ0) is 14.4. The van der Waals surface area contributed by atoms with E-state index in [2.05, 4.69) is 32.8 Å². The third-order valence-corrected chi connectivity index (χ3v) is 4.69. The Balaban J connectivity index is 1.74. The molecule has 2 aliphatic heterocycles. The number of hydrogen-bond acceptors (Lipinski definition) is 4. The van der Waals surface area contributed by atoms with Gasteiger partial charge in [-0.05, 0) is 46.6 Å². The van der Waals surface area contributed by atoms with Crippen LogP contribution in [0.1, 0.15) is 46.6 Å². The van der Waals surface area contributed by atoms with Gasteiger partial charge in [0.15, 0.2) is 0 Å². The van der Waals surface area contributed by atoms with Gasteiger partial charge in [0.1, 0.15) is 0 Å². The van der Waals surface area contributed by atoms with E-state index >= 15 is 0 Å². The molecular formula is C14H23BN2O3. The number of hydrogen-bond donors (Lipinski definition) is 0. The summed E-state index contributed by atoms with van der Waals surface area (Å²) in [7, 11) is -0.374. The van der Waals surface area contributed by atoms with Crippen LogP contribution >= 0.6 is 0 Å². The lowest BCUT2D eigenvalue weighted by Gasteiger charge is -2.32. The lowest BCUT2D eigenvalue weighted by molar-refractivity contribution is 0.00578. The summed E-state index contributed by atoms with van der Waals surface area (Å²) < 4.78 is 19.5. The minimum atomic E-state index is -0.374. The average Bonchev–Trinajstić information content (AvgIpc) is 2.94. The van der Waals surface area contributed by atoms with Gasteiger partial charge in [0, 0.05) is 19.4 Å². The summed E-state index contributed by atoms with van der Waals surface area (Å²) in [5.74, 6) is 0. The fraction of sp³-hybridized carbons (Fsp3) is 0.786. The quantitative estimate of drug-likeness (QED) is 0.770. The van der Waals surface area contributed by atoms with E-state index in [4.69, 9.17) is 14.0 Å². The molecule has 2 aliphatic rings. The van der Waals surface area contributed by atoms with Crippen molar-refractivity contribution in [3.8, 4) is 0 Å². The molecule has 20 heavy (non-hydrogen) atoms. The molecule has 6 heteroatoms. The van der Waals surface area contributed by atoms with Crippen molar-refractivity contribution in [2.45, 2.75) is 57.8 Å². The van der Waals surface area contributed by atoms with E-state index in [0.29, 0.717) is 6.04 Å². The van der Waals surface area contributed by atoms with E-state index in [1.165, 1.54) is 0 Å². The van der Waals surface area contributed by atoms with Gasteiger partial charge in [-0.25, -0.2) is 0 Å². The van der Waals surface area contributed by atoms with Crippen LogP contribution in [-0.4, -0.2) is 41.3 Å². The molecule has 0 radical (unpaired) electrons.